The van der Waals surface area contributed by atoms with E-state index in [4.69, 9.17) is 0 Å². The van der Waals surface area contributed by atoms with Crippen LogP contribution in [0.2, 0.25) is 0 Å². The summed E-state index contributed by atoms with van der Waals surface area (Å²) in [7, 11) is -2.31. The molecule has 0 bridgehead atoms. The number of ether oxygens (including phenoxy) is 1. The van der Waals surface area contributed by atoms with E-state index in [1.165, 1.54) is 23.5 Å². The number of rotatable bonds is 4. The van der Waals surface area contributed by atoms with Crippen LogP contribution in [0.15, 0.2) is 27.6 Å². The Morgan fingerprint density at radius 1 is 1.45 bits per heavy atom. The summed E-state index contributed by atoms with van der Waals surface area (Å²) >= 11 is 3.25. The lowest BCUT2D eigenvalue weighted by Crippen LogP contribution is -2.39. The van der Waals surface area contributed by atoms with Crippen molar-refractivity contribution >= 4 is 31.9 Å². The van der Waals surface area contributed by atoms with Gasteiger partial charge in [-0.15, -0.1) is 0 Å². The Morgan fingerprint density at radius 3 is 2.82 bits per heavy atom. The molecule has 0 aromatic heterocycles. The molecule has 1 fully saturated rings. The molecule has 1 heterocycles. The number of sulfonamides is 1. The number of halogens is 1. The first-order valence-corrected chi connectivity index (χ1v) is 9.51. The van der Waals surface area contributed by atoms with Gasteiger partial charge in [0.25, 0.3) is 0 Å². The number of esters is 1. The molecule has 1 aromatic rings. The third-order valence-corrected chi connectivity index (χ3v) is 6.59. The first-order valence-electron chi connectivity index (χ1n) is 7.28. The molecule has 1 atom stereocenters. The van der Waals surface area contributed by atoms with Crippen LogP contribution in [-0.4, -0.2) is 38.9 Å². The van der Waals surface area contributed by atoms with E-state index >= 15 is 0 Å². The molecule has 1 unspecified atom stereocenters. The summed E-state index contributed by atoms with van der Waals surface area (Å²) in [6.07, 6.45) is 2.91. The van der Waals surface area contributed by atoms with Gasteiger partial charge in [-0.2, -0.15) is 4.31 Å². The third kappa shape index (κ3) is 3.52. The lowest BCUT2D eigenvalue weighted by atomic mass is 9.97. The number of benzene rings is 1. The summed E-state index contributed by atoms with van der Waals surface area (Å²) in [5, 5.41) is 0. The number of carbonyl (C=O) groups excluding carboxylic acids is 1. The van der Waals surface area contributed by atoms with E-state index in [9.17, 15) is 13.2 Å². The van der Waals surface area contributed by atoms with Gasteiger partial charge in [-0.1, -0.05) is 13.3 Å². The van der Waals surface area contributed by atoms with Crippen LogP contribution in [0.3, 0.4) is 0 Å². The highest BCUT2D eigenvalue weighted by Gasteiger charge is 2.30. The van der Waals surface area contributed by atoms with Gasteiger partial charge in [0.2, 0.25) is 10.0 Å². The molecule has 7 heteroatoms. The Labute approximate surface area is 139 Å². The number of methoxy groups -OCH3 is 1. The van der Waals surface area contributed by atoms with Crippen LogP contribution >= 0.6 is 15.9 Å². The molecular formula is C15H20BrNO4S. The second-order valence-corrected chi connectivity index (χ2v) is 8.21. The van der Waals surface area contributed by atoms with Gasteiger partial charge in [-0.3, -0.25) is 0 Å². The summed E-state index contributed by atoms with van der Waals surface area (Å²) < 4.78 is 32.3. The largest absolute Gasteiger partial charge is 0.465 e. The van der Waals surface area contributed by atoms with Gasteiger partial charge in [-0.05, 0) is 52.9 Å². The van der Waals surface area contributed by atoms with Crippen molar-refractivity contribution in [1.29, 1.82) is 0 Å². The number of piperidine rings is 1. The zero-order valence-corrected chi connectivity index (χ0v) is 15.1. The molecule has 0 amide bonds. The Balaban J connectivity index is 2.35. The standard InChI is InChI=1S/C15H20BrNO4S/c1-3-11-5-4-8-17(10-11)22(19,20)12-6-7-14(16)13(9-12)15(18)21-2/h6-7,9,11H,3-5,8,10H2,1-2H3. The summed E-state index contributed by atoms with van der Waals surface area (Å²) in [4.78, 5) is 11.9. The monoisotopic (exact) mass is 389 g/mol. The van der Waals surface area contributed by atoms with Crippen LogP contribution in [0.25, 0.3) is 0 Å². The maximum atomic E-state index is 12.8. The third-order valence-electron chi connectivity index (χ3n) is 4.04. The van der Waals surface area contributed by atoms with E-state index in [1.54, 1.807) is 6.07 Å². The highest BCUT2D eigenvalue weighted by atomic mass is 79.9. The fraction of sp³-hybridized carbons (Fsp3) is 0.533. The second-order valence-electron chi connectivity index (χ2n) is 5.41. The van der Waals surface area contributed by atoms with E-state index < -0.39 is 16.0 Å². The minimum Gasteiger partial charge on any atom is -0.465 e. The molecule has 2 rings (SSSR count). The smallest absolute Gasteiger partial charge is 0.339 e. The van der Waals surface area contributed by atoms with E-state index in [1.807, 2.05) is 0 Å². The number of hydrogen-bond acceptors (Lipinski definition) is 4. The Hall–Kier alpha value is -0.920. The number of carbonyl (C=O) groups is 1. The topological polar surface area (TPSA) is 63.7 Å². The fourth-order valence-electron chi connectivity index (χ4n) is 2.66. The zero-order chi connectivity index (χ0) is 16.3. The van der Waals surface area contributed by atoms with E-state index in [0.717, 1.165) is 19.3 Å². The molecule has 1 saturated heterocycles. The maximum absolute atomic E-state index is 12.8. The molecule has 122 valence electrons. The van der Waals surface area contributed by atoms with Crippen molar-refractivity contribution in [2.75, 3.05) is 20.2 Å². The van der Waals surface area contributed by atoms with Crippen LogP contribution in [-0.2, 0) is 14.8 Å². The molecule has 22 heavy (non-hydrogen) atoms. The Bertz CT molecular complexity index is 660. The van der Waals surface area contributed by atoms with Crippen molar-refractivity contribution in [1.82, 2.24) is 4.31 Å². The minimum absolute atomic E-state index is 0.132. The van der Waals surface area contributed by atoms with Gasteiger partial charge < -0.3 is 4.74 Å². The molecule has 0 saturated carbocycles. The van der Waals surface area contributed by atoms with E-state index in [2.05, 4.69) is 27.6 Å². The molecule has 1 aliphatic rings. The first kappa shape index (κ1) is 17.4. The van der Waals surface area contributed by atoms with Crippen molar-refractivity contribution < 1.29 is 17.9 Å². The summed E-state index contributed by atoms with van der Waals surface area (Å²) in [6, 6.07) is 4.46. The summed E-state index contributed by atoms with van der Waals surface area (Å²) in [5.41, 5.74) is 0.215. The zero-order valence-electron chi connectivity index (χ0n) is 12.7. The maximum Gasteiger partial charge on any atom is 0.339 e. The molecule has 1 aliphatic heterocycles. The van der Waals surface area contributed by atoms with Gasteiger partial charge in [0, 0.05) is 17.6 Å². The predicted octanol–water partition coefficient (Wildman–Crippen LogP) is 3.05. The Morgan fingerprint density at radius 2 is 2.18 bits per heavy atom. The highest BCUT2D eigenvalue weighted by Crippen LogP contribution is 2.28. The molecular weight excluding hydrogens is 370 g/mol. The summed E-state index contributed by atoms with van der Waals surface area (Å²) in [6.45, 7) is 3.15. The van der Waals surface area contributed by atoms with E-state index in [-0.39, 0.29) is 10.5 Å². The minimum atomic E-state index is -3.58. The van der Waals surface area contributed by atoms with Gasteiger partial charge >= 0.3 is 5.97 Å². The average Bonchev–Trinajstić information content (AvgIpc) is 2.54. The molecule has 0 aliphatic carbocycles. The fourth-order valence-corrected chi connectivity index (χ4v) is 4.65. The average molecular weight is 390 g/mol. The molecule has 5 nitrogen and oxygen atoms in total. The lowest BCUT2D eigenvalue weighted by molar-refractivity contribution is 0.0599. The van der Waals surface area contributed by atoms with E-state index in [0.29, 0.717) is 23.5 Å². The first-order chi connectivity index (χ1) is 10.4. The number of hydrogen-bond donors (Lipinski definition) is 0. The van der Waals surface area contributed by atoms with Crippen molar-refractivity contribution in [3.8, 4) is 0 Å². The number of nitrogens with zero attached hydrogens (tertiary/aromatic N) is 1. The molecule has 0 spiro atoms. The van der Waals surface area contributed by atoms with Crippen molar-refractivity contribution in [3.63, 3.8) is 0 Å². The van der Waals surface area contributed by atoms with Crippen LogP contribution in [0.5, 0.6) is 0 Å². The predicted molar refractivity (Wildman–Crippen MR) is 87.3 cm³/mol. The van der Waals surface area contributed by atoms with Gasteiger partial charge in [0.1, 0.15) is 0 Å². The Kier molecular flexibility index (Phi) is 5.63. The normalized spacial score (nSPS) is 19.9. The van der Waals surface area contributed by atoms with Gasteiger partial charge in [-0.25, -0.2) is 13.2 Å². The van der Waals surface area contributed by atoms with Crippen LogP contribution in [0.4, 0.5) is 0 Å². The quantitative estimate of drug-likeness (QED) is 0.742. The van der Waals surface area contributed by atoms with Gasteiger partial charge in [0.15, 0.2) is 0 Å². The van der Waals surface area contributed by atoms with Crippen molar-refractivity contribution in [2.24, 2.45) is 5.92 Å². The van der Waals surface area contributed by atoms with Crippen molar-refractivity contribution in [3.05, 3.63) is 28.2 Å². The van der Waals surface area contributed by atoms with Crippen molar-refractivity contribution in [2.45, 2.75) is 31.1 Å². The van der Waals surface area contributed by atoms with Crippen LogP contribution < -0.4 is 0 Å². The lowest BCUT2D eigenvalue weighted by Gasteiger charge is -2.31. The van der Waals surface area contributed by atoms with Crippen LogP contribution in [0, 0.1) is 5.92 Å². The second kappa shape index (κ2) is 7.10. The molecule has 0 radical (unpaired) electrons. The highest BCUT2D eigenvalue weighted by molar-refractivity contribution is 9.10. The van der Waals surface area contributed by atoms with Crippen LogP contribution in [0.1, 0.15) is 36.5 Å². The SMILES string of the molecule is CCC1CCCN(S(=O)(=O)c2ccc(Br)c(C(=O)OC)c2)C1. The molecule has 1 aromatic carbocycles. The summed E-state index contributed by atoms with van der Waals surface area (Å²) in [5.74, 6) is -0.159. The molecule has 0 N–H and O–H groups in total. The van der Waals surface area contributed by atoms with Gasteiger partial charge in [0.05, 0.1) is 17.6 Å².